The molecule has 0 saturated carbocycles. The zero-order valence-corrected chi connectivity index (χ0v) is 16.6. The normalized spacial score (nSPS) is 12.2. The number of carbonyl (C=O) groups is 1. The first-order valence-corrected chi connectivity index (χ1v) is 9.13. The highest BCUT2D eigenvalue weighted by Crippen LogP contribution is 2.14. The molecule has 0 fully saturated rings. The van der Waals surface area contributed by atoms with Crippen LogP contribution in [0.2, 0.25) is 0 Å². The molecule has 29 heavy (non-hydrogen) atoms. The number of nitrogen functional groups attached to an aromatic ring is 1. The zero-order chi connectivity index (χ0) is 21.7. The number of carbonyl (C=O) groups excluding carboxylic acids is 1. The lowest BCUT2D eigenvalue weighted by Crippen LogP contribution is -3.08. The maximum atomic E-state index is 12.7. The van der Waals surface area contributed by atoms with Crippen LogP contribution in [-0.2, 0) is 20.1 Å². The van der Waals surface area contributed by atoms with Crippen molar-refractivity contribution in [3.05, 3.63) is 56.2 Å². The van der Waals surface area contributed by atoms with Gasteiger partial charge in [-0.05, 0) is 30.7 Å². The molecule has 1 atom stereocenters. The van der Waals surface area contributed by atoms with Crippen LogP contribution in [0.5, 0.6) is 5.75 Å². The first-order chi connectivity index (χ1) is 13.6. The Kier molecular flexibility index (Phi) is 7.27. The molecule has 0 amide bonds. The van der Waals surface area contributed by atoms with Gasteiger partial charge in [-0.25, -0.2) is 4.79 Å². The van der Waals surface area contributed by atoms with Crippen molar-refractivity contribution >= 4 is 11.6 Å². The number of quaternary nitrogens is 1. The molecular weight excluding hydrogens is 386 g/mol. The van der Waals surface area contributed by atoms with Gasteiger partial charge in [0, 0.05) is 19.2 Å². The van der Waals surface area contributed by atoms with Crippen LogP contribution < -0.4 is 26.6 Å². The van der Waals surface area contributed by atoms with Gasteiger partial charge in [0.1, 0.15) is 30.2 Å². The van der Waals surface area contributed by atoms with Crippen LogP contribution in [0, 0.1) is 0 Å². The van der Waals surface area contributed by atoms with E-state index in [1.165, 1.54) is 23.7 Å². The molecule has 10 heteroatoms. The minimum absolute atomic E-state index is 0.0287. The molecule has 2 aromatic rings. The highest BCUT2D eigenvalue weighted by atomic mass is 19.3. The Labute approximate surface area is 166 Å². The molecule has 8 nitrogen and oxygen atoms in total. The van der Waals surface area contributed by atoms with Crippen molar-refractivity contribution in [1.82, 2.24) is 9.13 Å². The predicted molar refractivity (Wildman–Crippen MR) is 104 cm³/mol. The van der Waals surface area contributed by atoms with Gasteiger partial charge in [0.15, 0.2) is 0 Å². The molecule has 1 unspecified atom stereocenters. The Morgan fingerprint density at radius 2 is 1.86 bits per heavy atom. The van der Waals surface area contributed by atoms with E-state index in [0.29, 0.717) is 19.5 Å². The molecule has 3 N–H and O–H groups in total. The van der Waals surface area contributed by atoms with E-state index in [-0.39, 0.29) is 23.7 Å². The predicted octanol–water partition coefficient (Wildman–Crippen LogP) is 0.0382. The zero-order valence-electron chi connectivity index (χ0n) is 16.6. The summed E-state index contributed by atoms with van der Waals surface area (Å²) in [5, 5.41) is 0. The number of nitrogens with one attached hydrogen (secondary N) is 1. The van der Waals surface area contributed by atoms with Crippen LogP contribution in [0.25, 0.3) is 0 Å². The van der Waals surface area contributed by atoms with Crippen LogP contribution in [-0.4, -0.2) is 35.1 Å². The van der Waals surface area contributed by atoms with Gasteiger partial charge in [0.25, 0.3) is 5.56 Å². The second-order valence-electron chi connectivity index (χ2n) is 6.81. The summed E-state index contributed by atoms with van der Waals surface area (Å²) in [5.74, 6) is -0.540. The van der Waals surface area contributed by atoms with Crippen molar-refractivity contribution in [1.29, 1.82) is 0 Å². The van der Waals surface area contributed by atoms with Gasteiger partial charge >= 0.3 is 12.3 Å². The fourth-order valence-electron chi connectivity index (χ4n) is 3.05. The molecule has 0 saturated heterocycles. The molecule has 1 aromatic heterocycles. The van der Waals surface area contributed by atoms with Crippen molar-refractivity contribution in [2.24, 2.45) is 7.05 Å². The van der Waals surface area contributed by atoms with E-state index in [1.807, 2.05) is 6.92 Å². The number of nitrogens with zero attached hydrogens (tertiary/aromatic N) is 2. The number of likely N-dealkylation sites (N-methyl/N-ethyl adjacent to an activating group) is 1. The van der Waals surface area contributed by atoms with Crippen LogP contribution in [0.4, 0.5) is 14.6 Å². The minimum Gasteiger partial charge on any atom is -0.435 e. The van der Waals surface area contributed by atoms with E-state index in [0.717, 1.165) is 15.0 Å². The Morgan fingerprint density at radius 1 is 1.24 bits per heavy atom. The van der Waals surface area contributed by atoms with Gasteiger partial charge in [0.05, 0.1) is 7.05 Å². The van der Waals surface area contributed by atoms with Crippen LogP contribution in [0.15, 0.2) is 33.9 Å². The molecule has 0 spiro atoms. The summed E-state index contributed by atoms with van der Waals surface area (Å²) in [5.41, 5.74) is 5.30. The van der Waals surface area contributed by atoms with E-state index >= 15 is 0 Å². The van der Waals surface area contributed by atoms with Crippen LogP contribution in [0.3, 0.4) is 0 Å². The summed E-state index contributed by atoms with van der Waals surface area (Å²) in [7, 11) is 3.07. The Bertz CT molecular complexity index is 983. The second-order valence-corrected chi connectivity index (χ2v) is 6.81. The number of hydrogen-bond acceptors (Lipinski definition) is 5. The van der Waals surface area contributed by atoms with Crippen molar-refractivity contribution in [2.75, 3.05) is 19.3 Å². The molecule has 1 heterocycles. The Balaban J connectivity index is 2.17. The van der Waals surface area contributed by atoms with Crippen LogP contribution in [0.1, 0.15) is 29.3 Å². The molecule has 158 valence electrons. The number of ether oxygens (including phenoxy) is 1. The quantitative estimate of drug-likeness (QED) is 0.568. The van der Waals surface area contributed by atoms with Crippen molar-refractivity contribution < 1.29 is 23.2 Å². The summed E-state index contributed by atoms with van der Waals surface area (Å²) in [6.45, 7) is -0.354. The van der Waals surface area contributed by atoms with Gasteiger partial charge in [-0.2, -0.15) is 8.78 Å². The molecule has 2 rings (SSSR count). The summed E-state index contributed by atoms with van der Waals surface area (Å²) >= 11 is 0. The number of halogens is 2. The molecule has 0 aliphatic heterocycles. The van der Waals surface area contributed by atoms with E-state index in [9.17, 15) is 23.2 Å². The molecular formula is C19H25F2N4O4+. The molecule has 0 aliphatic carbocycles. The van der Waals surface area contributed by atoms with E-state index in [2.05, 4.69) is 4.74 Å². The number of nitrogens with two attached hydrogens (primary N) is 1. The highest BCUT2D eigenvalue weighted by molar-refractivity contribution is 6.00. The van der Waals surface area contributed by atoms with Crippen molar-refractivity contribution in [2.45, 2.75) is 33.0 Å². The number of Topliss-reactive ketones (excluding diaryl/α,β-unsaturated/α-hetero) is 1. The number of anilines is 1. The van der Waals surface area contributed by atoms with E-state index < -0.39 is 23.6 Å². The lowest BCUT2D eigenvalue weighted by molar-refractivity contribution is -0.884. The Hall–Kier alpha value is -3.01. The van der Waals surface area contributed by atoms with E-state index in [1.54, 1.807) is 19.2 Å². The first kappa shape index (κ1) is 22.3. The third-order valence-corrected chi connectivity index (χ3v) is 4.43. The summed E-state index contributed by atoms with van der Waals surface area (Å²) < 4.78 is 30.8. The Morgan fingerprint density at radius 3 is 2.41 bits per heavy atom. The van der Waals surface area contributed by atoms with E-state index in [4.69, 9.17) is 5.73 Å². The lowest BCUT2D eigenvalue weighted by atomic mass is 10.1. The highest BCUT2D eigenvalue weighted by Gasteiger charge is 2.23. The number of benzene rings is 1. The fourth-order valence-corrected chi connectivity index (χ4v) is 3.05. The van der Waals surface area contributed by atoms with Crippen LogP contribution >= 0.6 is 0 Å². The maximum absolute atomic E-state index is 12.7. The molecule has 0 bridgehead atoms. The average molecular weight is 411 g/mol. The number of ketones is 1. The number of rotatable bonds is 9. The average Bonchev–Trinajstić information content (AvgIpc) is 2.64. The molecule has 0 aliphatic rings. The number of hydrogen-bond donors (Lipinski definition) is 2. The largest absolute Gasteiger partial charge is 0.435 e. The molecule has 1 aromatic carbocycles. The van der Waals surface area contributed by atoms with Gasteiger partial charge < -0.3 is 15.4 Å². The lowest BCUT2D eigenvalue weighted by Gasteiger charge is -2.16. The monoisotopic (exact) mass is 411 g/mol. The third kappa shape index (κ3) is 5.29. The number of aromatic nitrogens is 2. The standard InChI is InChI=1S/C19H24F2N4O4/c1-4-9-25-16(22)15(17(27)24(3)19(25)28)14(26)11-23(2)10-12-5-7-13(8-6-12)29-18(20)21/h5-8,18H,4,9-11,22H2,1-3H3/p+1. The first-order valence-electron chi connectivity index (χ1n) is 9.13. The van der Waals surface area contributed by atoms with Gasteiger partial charge in [-0.3, -0.25) is 18.7 Å². The molecule has 0 radical (unpaired) electrons. The number of alkyl halides is 2. The second kappa shape index (κ2) is 9.46. The maximum Gasteiger partial charge on any atom is 0.387 e. The van der Waals surface area contributed by atoms with Gasteiger partial charge in [-0.1, -0.05) is 6.92 Å². The van der Waals surface area contributed by atoms with Crippen molar-refractivity contribution in [3.8, 4) is 5.75 Å². The topological polar surface area (TPSA) is 101 Å². The van der Waals surface area contributed by atoms with Crippen molar-refractivity contribution in [3.63, 3.8) is 0 Å². The SMILES string of the molecule is CCCn1c(N)c(C(=O)C[NH+](C)Cc2ccc(OC(F)F)cc2)c(=O)n(C)c1=O. The third-order valence-electron chi connectivity index (χ3n) is 4.43. The van der Waals surface area contributed by atoms with Gasteiger partial charge in [-0.15, -0.1) is 0 Å². The van der Waals surface area contributed by atoms with Gasteiger partial charge in [0.2, 0.25) is 5.78 Å². The minimum atomic E-state index is -2.89. The summed E-state index contributed by atoms with van der Waals surface area (Å²) in [4.78, 5) is 38.1. The smallest absolute Gasteiger partial charge is 0.387 e. The summed E-state index contributed by atoms with van der Waals surface area (Å²) in [6, 6.07) is 6.09. The summed E-state index contributed by atoms with van der Waals surface area (Å²) in [6.07, 6.45) is 0.617. The fraction of sp³-hybridized carbons (Fsp3) is 0.421.